The predicted octanol–water partition coefficient (Wildman–Crippen LogP) is 0.0380. The lowest BCUT2D eigenvalue weighted by molar-refractivity contribution is -0.0508. The molecule has 2 heterocycles. The van der Waals surface area contributed by atoms with Gasteiger partial charge in [0.1, 0.15) is 11.4 Å². The highest BCUT2D eigenvalue weighted by Gasteiger charge is 2.27. The topological polar surface area (TPSA) is 112 Å². The molecular formula is C17H24N4O4. The largest absolute Gasteiger partial charge is 0.493 e. The van der Waals surface area contributed by atoms with Crippen LogP contribution in [0.1, 0.15) is 17.4 Å². The molecule has 3 rings (SSSR count). The summed E-state index contributed by atoms with van der Waals surface area (Å²) in [6.07, 6.45) is 0. The molecule has 1 aromatic heterocycles. The molecule has 1 amide bonds. The van der Waals surface area contributed by atoms with Gasteiger partial charge in [0.15, 0.2) is 0 Å². The molecule has 1 aromatic carbocycles. The number of aliphatic hydroxyl groups excluding tert-OH is 1. The number of hydrogen-bond donors (Lipinski definition) is 3. The molecule has 1 saturated heterocycles. The van der Waals surface area contributed by atoms with Crippen LogP contribution in [0.4, 0.5) is 0 Å². The van der Waals surface area contributed by atoms with E-state index in [4.69, 9.17) is 15.2 Å². The van der Waals surface area contributed by atoms with Gasteiger partial charge in [0.2, 0.25) is 0 Å². The number of rotatable bonds is 7. The Morgan fingerprint density at radius 1 is 1.56 bits per heavy atom. The van der Waals surface area contributed by atoms with Crippen molar-refractivity contribution in [2.45, 2.75) is 12.5 Å². The van der Waals surface area contributed by atoms with Crippen LogP contribution in [0.5, 0.6) is 5.75 Å². The minimum Gasteiger partial charge on any atom is -0.493 e. The third-order valence-electron chi connectivity index (χ3n) is 4.43. The van der Waals surface area contributed by atoms with E-state index in [-0.39, 0.29) is 19.1 Å². The summed E-state index contributed by atoms with van der Waals surface area (Å²) in [7, 11) is 1.71. The maximum atomic E-state index is 12.7. The molecule has 1 atom stereocenters. The number of nitrogens with zero attached hydrogens (tertiary/aromatic N) is 2. The molecule has 1 aliphatic heterocycles. The third-order valence-corrected chi connectivity index (χ3v) is 4.43. The summed E-state index contributed by atoms with van der Waals surface area (Å²) in [4.78, 5) is 12.7. The van der Waals surface area contributed by atoms with Crippen LogP contribution in [0.3, 0.4) is 0 Å². The van der Waals surface area contributed by atoms with E-state index in [0.29, 0.717) is 34.9 Å². The Labute approximate surface area is 145 Å². The normalized spacial score (nSPS) is 17.1. The quantitative estimate of drug-likeness (QED) is 0.651. The number of aromatic nitrogens is 2. The number of aryl methyl sites for hydroxylation is 1. The maximum Gasteiger partial charge on any atom is 0.270 e. The lowest BCUT2D eigenvalue weighted by Gasteiger charge is -2.27. The van der Waals surface area contributed by atoms with Gasteiger partial charge in [0.25, 0.3) is 5.91 Å². The van der Waals surface area contributed by atoms with E-state index in [1.165, 1.54) is 4.68 Å². The maximum absolute atomic E-state index is 12.7. The van der Waals surface area contributed by atoms with Gasteiger partial charge >= 0.3 is 0 Å². The number of benzene rings is 1. The first-order valence-electron chi connectivity index (χ1n) is 8.26. The number of nitrogens with one attached hydrogen (secondary N) is 1. The molecular weight excluding hydrogens is 324 g/mol. The summed E-state index contributed by atoms with van der Waals surface area (Å²) >= 11 is 0. The summed E-state index contributed by atoms with van der Waals surface area (Å²) in [5.41, 5.74) is 5.87. The first kappa shape index (κ1) is 17.7. The number of aliphatic hydroxyl groups is 1. The Hall–Kier alpha value is -2.16. The number of nitrogens with two attached hydrogens (primary N) is 1. The van der Waals surface area contributed by atoms with Gasteiger partial charge in [0, 0.05) is 24.9 Å². The number of carbonyl (C=O) groups excluding carboxylic acids is 1. The monoisotopic (exact) mass is 348 g/mol. The van der Waals surface area contributed by atoms with E-state index < -0.39 is 5.54 Å². The van der Waals surface area contributed by atoms with Gasteiger partial charge < -0.3 is 25.6 Å². The van der Waals surface area contributed by atoms with Crippen LogP contribution in [0.2, 0.25) is 0 Å². The molecule has 0 saturated carbocycles. The summed E-state index contributed by atoms with van der Waals surface area (Å²) in [5, 5.41) is 17.3. The molecule has 1 fully saturated rings. The highest BCUT2D eigenvalue weighted by molar-refractivity contribution is 6.05. The van der Waals surface area contributed by atoms with Gasteiger partial charge in [-0.05, 0) is 25.1 Å². The number of ether oxygens (including phenoxy) is 2. The second-order valence-corrected chi connectivity index (χ2v) is 6.74. The van der Waals surface area contributed by atoms with Crippen molar-refractivity contribution >= 4 is 16.8 Å². The molecule has 0 radical (unpaired) electrons. The molecule has 1 aliphatic rings. The molecule has 0 aliphatic carbocycles. The van der Waals surface area contributed by atoms with Gasteiger partial charge in [-0.1, -0.05) is 0 Å². The van der Waals surface area contributed by atoms with Crippen molar-refractivity contribution in [2.24, 2.45) is 18.7 Å². The Balaban J connectivity index is 1.85. The van der Waals surface area contributed by atoms with Crippen LogP contribution >= 0.6 is 0 Å². The van der Waals surface area contributed by atoms with Crippen molar-refractivity contribution in [3.8, 4) is 5.75 Å². The average Bonchev–Trinajstić information content (AvgIpc) is 2.88. The fourth-order valence-electron chi connectivity index (χ4n) is 2.62. The van der Waals surface area contributed by atoms with E-state index in [2.05, 4.69) is 10.4 Å². The highest BCUT2D eigenvalue weighted by atomic mass is 16.5. The molecule has 2 aromatic rings. The van der Waals surface area contributed by atoms with Crippen molar-refractivity contribution in [3.05, 3.63) is 23.9 Å². The van der Waals surface area contributed by atoms with E-state index in [1.807, 2.05) is 18.2 Å². The molecule has 25 heavy (non-hydrogen) atoms. The lowest BCUT2D eigenvalue weighted by atomic mass is 10.0. The van der Waals surface area contributed by atoms with Crippen LogP contribution in [0.25, 0.3) is 10.9 Å². The van der Waals surface area contributed by atoms with Gasteiger partial charge in [-0.3, -0.25) is 9.48 Å². The van der Waals surface area contributed by atoms with Crippen LogP contribution in [-0.2, 0) is 11.8 Å². The van der Waals surface area contributed by atoms with Gasteiger partial charge in [0.05, 0.1) is 37.5 Å². The SMILES string of the molecule is Cn1nc2ccc(OCC3COC3)cc2c1C(=O)NC(C)(CN)CO. The van der Waals surface area contributed by atoms with E-state index in [0.717, 1.165) is 13.2 Å². The van der Waals surface area contributed by atoms with Gasteiger partial charge in [-0.25, -0.2) is 0 Å². The van der Waals surface area contributed by atoms with Crippen LogP contribution < -0.4 is 15.8 Å². The van der Waals surface area contributed by atoms with Crippen molar-refractivity contribution < 1.29 is 19.4 Å². The van der Waals surface area contributed by atoms with Gasteiger partial charge in [-0.15, -0.1) is 0 Å². The van der Waals surface area contributed by atoms with Crippen molar-refractivity contribution in [2.75, 3.05) is 33.0 Å². The number of amides is 1. The second-order valence-electron chi connectivity index (χ2n) is 6.74. The molecule has 4 N–H and O–H groups in total. The minimum atomic E-state index is -0.883. The average molecular weight is 348 g/mol. The summed E-state index contributed by atoms with van der Waals surface area (Å²) in [6, 6.07) is 5.48. The van der Waals surface area contributed by atoms with Crippen molar-refractivity contribution in [1.29, 1.82) is 0 Å². The number of carbonyl (C=O) groups is 1. The van der Waals surface area contributed by atoms with Crippen molar-refractivity contribution in [3.63, 3.8) is 0 Å². The van der Waals surface area contributed by atoms with Gasteiger partial charge in [-0.2, -0.15) is 5.10 Å². The van der Waals surface area contributed by atoms with Crippen LogP contribution in [0.15, 0.2) is 18.2 Å². The third kappa shape index (κ3) is 3.60. The van der Waals surface area contributed by atoms with Crippen LogP contribution in [-0.4, -0.2) is 59.3 Å². The smallest absolute Gasteiger partial charge is 0.270 e. The zero-order valence-electron chi connectivity index (χ0n) is 14.5. The molecule has 1 unspecified atom stereocenters. The molecule has 0 spiro atoms. The fraction of sp³-hybridized carbons (Fsp3) is 0.529. The zero-order chi connectivity index (χ0) is 18.0. The van der Waals surface area contributed by atoms with E-state index >= 15 is 0 Å². The van der Waals surface area contributed by atoms with E-state index in [1.54, 1.807) is 14.0 Å². The Kier molecular flexibility index (Phi) is 4.94. The zero-order valence-corrected chi connectivity index (χ0v) is 14.5. The van der Waals surface area contributed by atoms with Crippen molar-refractivity contribution in [1.82, 2.24) is 15.1 Å². The first-order chi connectivity index (χ1) is 12.0. The fourth-order valence-corrected chi connectivity index (χ4v) is 2.62. The Morgan fingerprint density at radius 2 is 2.32 bits per heavy atom. The molecule has 136 valence electrons. The Morgan fingerprint density at radius 3 is 2.92 bits per heavy atom. The number of hydrogen-bond acceptors (Lipinski definition) is 6. The van der Waals surface area contributed by atoms with Crippen LogP contribution in [0, 0.1) is 5.92 Å². The molecule has 8 heteroatoms. The standard InChI is InChI=1S/C17H24N4O4/c1-17(9-18,10-22)19-16(23)15-13-5-12(25-8-11-6-24-7-11)3-4-14(13)20-21(15)2/h3-5,11,22H,6-10,18H2,1-2H3,(H,19,23). The summed E-state index contributed by atoms with van der Waals surface area (Å²) in [5.74, 6) is 0.768. The summed E-state index contributed by atoms with van der Waals surface area (Å²) < 4.78 is 12.5. The molecule has 8 nitrogen and oxygen atoms in total. The summed E-state index contributed by atoms with van der Waals surface area (Å²) in [6.45, 7) is 3.61. The Bertz CT molecular complexity index is 765. The number of fused-ring (bicyclic) bond motifs is 1. The molecule has 0 bridgehead atoms. The first-order valence-corrected chi connectivity index (χ1v) is 8.26. The second kappa shape index (κ2) is 6.99. The highest BCUT2D eigenvalue weighted by Crippen LogP contribution is 2.25. The minimum absolute atomic E-state index is 0.128. The van der Waals surface area contributed by atoms with E-state index in [9.17, 15) is 9.90 Å². The lowest BCUT2D eigenvalue weighted by Crippen LogP contribution is -2.54. The predicted molar refractivity (Wildman–Crippen MR) is 92.5 cm³/mol.